The Morgan fingerprint density at radius 2 is 2.03 bits per heavy atom. The number of para-hydroxylation sites is 1. The third-order valence-electron chi connectivity index (χ3n) is 5.40. The van der Waals surface area contributed by atoms with Gasteiger partial charge in [-0.15, -0.1) is 0 Å². The van der Waals surface area contributed by atoms with Gasteiger partial charge in [-0.25, -0.2) is 0 Å². The van der Waals surface area contributed by atoms with Gasteiger partial charge in [0.1, 0.15) is 12.8 Å². The van der Waals surface area contributed by atoms with E-state index in [4.69, 9.17) is 4.42 Å². The Bertz CT molecular complexity index is 1070. The van der Waals surface area contributed by atoms with Crippen molar-refractivity contribution in [3.8, 4) is 0 Å². The Hall–Kier alpha value is -3.35. The molecule has 1 fully saturated rings. The average molecular weight is 393 g/mol. The fraction of sp³-hybridized carbons (Fsp3) is 0.318. The summed E-state index contributed by atoms with van der Waals surface area (Å²) in [6.45, 7) is 2.04. The molecule has 1 atom stereocenters. The number of nitrogens with one attached hydrogen (secondary N) is 1. The lowest BCUT2D eigenvalue weighted by Gasteiger charge is -2.33. The summed E-state index contributed by atoms with van der Waals surface area (Å²) in [4.78, 5) is 38.8. The topological polar surface area (TPSA) is 84.5 Å². The summed E-state index contributed by atoms with van der Waals surface area (Å²) >= 11 is 0. The molecule has 0 radical (unpaired) electrons. The molecule has 0 spiro atoms. The fourth-order valence-electron chi connectivity index (χ4n) is 3.83. The van der Waals surface area contributed by atoms with Gasteiger partial charge in [0.05, 0.1) is 17.3 Å². The van der Waals surface area contributed by atoms with Crippen molar-refractivity contribution < 1.29 is 14.0 Å². The predicted octanol–water partition coefficient (Wildman–Crippen LogP) is 2.26. The van der Waals surface area contributed by atoms with Gasteiger partial charge < -0.3 is 19.2 Å². The number of carbonyl (C=O) groups excluding carboxylic acids is 2. The second kappa shape index (κ2) is 8.34. The van der Waals surface area contributed by atoms with Crippen molar-refractivity contribution in [2.24, 2.45) is 5.92 Å². The molecule has 2 aromatic heterocycles. The van der Waals surface area contributed by atoms with Crippen LogP contribution in [-0.2, 0) is 11.3 Å². The van der Waals surface area contributed by atoms with Gasteiger partial charge in [0.15, 0.2) is 5.43 Å². The minimum absolute atomic E-state index is 0.0182. The van der Waals surface area contributed by atoms with Crippen molar-refractivity contribution in [1.82, 2.24) is 14.8 Å². The van der Waals surface area contributed by atoms with E-state index in [-0.39, 0.29) is 29.7 Å². The van der Waals surface area contributed by atoms with E-state index < -0.39 is 0 Å². The molecule has 150 valence electrons. The number of hydrogen-bond donors (Lipinski definition) is 1. The summed E-state index contributed by atoms with van der Waals surface area (Å²) in [5.74, 6) is 0.0703. The number of hydrogen-bond acceptors (Lipinski definition) is 4. The average Bonchev–Trinajstić information content (AvgIpc) is 3.29. The molecule has 1 saturated heterocycles. The van der Waals surface area contributed by atoms with E-state index in [2.05, 4.69) is 5.32 Å². The first-order chi connectivity index (χ1) is 14.1. The summed E-state index contributed by atoms with van der Waals surface area (Å²) in [6, 6.07) is 10.4. The lowest BCUT2D eigenvalue weighted by molar-refractivity contribution is -0.133. The van der Waals surface area contributed by atoms with E-state index in [9.17, 15) is 14.4 Å². The van der Waals surface area contributed by atoms with Crippen LogP contribution in [0.1, 0.15) is 23.2 Å². The normalized spacial score (nSPS) is 16.7. The molecule has 3 heterocycles. The zero-order chi connectivity index (χ0) is 20.2. The van der Waals surface area contributed by atoms with Crippen LogP contribution < -0.4 is 10.7 Å². The van der Waals surface area contributed by atoms with Crippen LogP contribution in [0.25, 0.3) is 10.9 Å². The van der Waals surface area contributed by atoms with Crippen LogP contribution in [0.5, 0.6) is 0 Å². The first-order valence-corrected chi connectivity index (χ1v) is 9.78. The van der Waals surface area contributed by atoms with E-state index in [0.29, 0.717) is 30.6 Å². The summed E-state index contributed by atoms with van der Waals surface area (Å²) < 4.78 is 6.76. The van der Waals surface area contributed by atoms with Crippen LogP contribution >= 0.6 is 0 Å². The van der Waals surface area contributed by atoms with Crippen LogP contribution in [0, 0.1) is 5.92 Å². The minimum atomic E-state index is -0.165. The molecule has 0 bridgehead atoms. The highest BCUT2D eigenvalue weighted by Crippen LogP contribution is 2.17. The Kier molecular flexibility index (Phi) is 5.46. The number of furan rings is 1. The summed E-state index contributed by atoms with van der Waals surface area (Å²) in [7, 11) is 0. The molecule has 1 aromatic carbocycles. The maximum absolute atomic E-state index is 12.9. The molecular formula is C22H23N3O4. The third kappa shape index (κ3) is 4.23. The highest BCUT2D eigenvalue weighted by atomic mass is 16.3. The number of benzene rings is 1. The number of likely N-dealkylation sites (tertiary alicyclic amines) is 1. The second-order valence-corrected chi connectivity index (χ2v) is 7.40. The van der Waals surface area contributed by atoms with E-state index in [1.807, 2.05) is 27.7 Å². The van der Waals surface area contributed by atoms with Gasteiger partial charge in [-0.1, -0.05) is 12.1 Å². The lowest BCUT2D eigenvalue weighted by Crippen LogP contribution is -2.44. The number of nitrogens with zero attached hydrogens (tertiary/aromatic N) is 2. The zero-order valence-corrected chi connectivity index (χ0v) is 16.0. The summed E-state index contributed by atoms with van der Waals surface area (Å²) in [5, 5.41) is 3.53. The Labute approximate surface area is 167 Å². The molecule has 1 aliphatic heterocycles. The fourth-order valence-corrected chi connectivity index (χ4v) is 3.83. The number of rotatable bonds is 5. The van der Waals surface area contributed by atoms with E-state index in [1.165, 1.54) is 18.6 Å². The number of amides is 2. The van der Waals surface area contributed by atoms with E-state index in [1.54, 1.807) is 18.3 Å². The zero-order valence-electron chi connectivity index (χ0n) is 16.0. The standard InChI is InChI=1S/C22H23N3O4/c26-20-7-10-24(19-6-2-1-5-18(19)20)14-21(27)25-9-3-4-16(13-25)12-23-22(28)17-8-11-29-15-17/h1-2,5-8,10-11,15-16H,3-4,9,12-14H2,(H,23,28). The molecule has 1 unspecified atom stereocenters. The Morgan fingerprint density at radius 3 is 2.86 bits per heavy atom. The molecule has 4 rings (SSSR count). The maximum Gasteiger partial charge on any atom is 0.254 e. The minimum Gasteiger partial charge on any atom is -0.472 e. The molecule has 29 heavy (non-hydrogen) atoms. The van der Waals surface area contributed by atoms with Crippen LogP contribution in [0.3, 0.4) is 0 Å². The number of piperidine rings is 1. The Balaban J connectivity index is 1.38. The van der Waals surface area contributed by atoms with Gasteiger partial charge in [0.2, 0.25) is 5.91 Å². The SMILES string of the molecule is O=C(NCC1CCCN(C(=O)Cn2ccc(=O)c3ccccc32)C1)c1ccoc1. The predicted molar refractivity (Wildman–Crippen MR) is 109 cm³/mol. The monoisotopic (exact) mass is 393 g/mol. The van der Waals surface area contributed by atoms with Crippen molar-refractivity contribution >= 4 is 22.7 Å². The first kappa shape index (κ1) is 19.0. The quantitative estimate of drug-likeness (QED) is 0.721. The lowest BCUT2D eigenvalue weighted by atomic mass is 9.97. The van der Waals surface area contributed by atoms with Crippen molar-refractivity contribution in [2.75, 3.05) is 19.6 Å². The van der Waals surface area contributed by atoms with Crippen LogP contribution in [0.4, 0.5) is 0 Å². The third-order valence-corrected chi connectivity index (χ3v) is 5.40. The molecule has 7 nitrogen and oxygen atoms in total. The molecule has 0 saturated carbocycles. The van der Waals surface area contributed by atoms with Crippen LogP contribution in [-0.4, -0.2) is 40.9 Å². The molecule has 0 aliphatic carbocycles. The number of aromatic nitrogens is 1. The second-order valence-electron chi connectivity index (χ2n) is 7.40. The van der Waals surface area contributed by atoms with Gasteiger partial charge >= 0.3 is 0 Å². The molecule has 7 heteroatoms. The van der Waals surface area contributed by atoms with Gasteiger partial charge in [-0.2, -0.15) is 0 Å². The molecule has 1 aliphatic rings. The van der Waals surface area contributed by atoms with Gasteiger partial charge in [0, 0.05) is 37.3 Å². The summed E-state index contributed by atoms with van der Waals surface area (Å²) in [5.41, 5.74) is 1.21. The van der Waals surface area contributed by atoms with Crippen molar-refractivity contribution in [2.45, 2.75) is 19.4 Å². The first-order valence-electron chi connectivity index (χ1n) is 9.78. The van der Waals surface area contributed by atoms with Crippen molar-refractivity contribution in [1.29, 1.82) is 0 Å². The molecule has 2 amide bonds. The summed E-state index contributed by atoms with van der Waals surface area (Å²) in [6.07, 6.45) is 6.44. The highest BCUT2D eigenvalue weighted by molar-refractivity contribution is 5.93. The number of fused-ring (bicyclic) bond motifs is 1. The van der Waals surface area contributed by atoms with Gasteiger partial charge in [0.25, 0.3) is 5.91 Å². The number of pyridine rings is 1. The largest absolute Gasteiger partial charge is 0.472 e. The van der Waals surface area contributed by atoms with Gasteiger partial charge in [-0.05, 0) is 37.0 Å². The molecule has 1 N–H and O–H groups in total. The van der Waals surface area contributed by atoms with Gasteiger partial charge in [-0.3, -0.25) is 14.4 Å². The highest BCUT2D eigenvalue weighted by Gasteiger charge is 2.24. The van der Waals surface area contributed by atoms with Crippen LogP contribution in [0.2, 0.25) is 0 Å². The smallest absolute Gasteiger partial charge is 0.254 e. The Morgan fingerprint density at radius 1 is 1.17 bits per heavy atom. The maximum atomic E-state index is 12.9. The van der Waals surface area contributed by atoms with E-state index >= 15 is 0 Å². The number of carbonyl (C=O) groups is 2. The van der Waals surface area contributed by atoms with E-state index in [0.717, 1.165) is 18.4 Å². The van der Waals surface area contributed by atoms with Crippen molar-refractivity contribution in [3.05, 3.63) is 70.9 Å². The molecular weight excluding hydrogens is 370 g/mol. The van der Waals surface area contributed by atoms with Crippen molar-refractivity contribution in [3.63, 3.8) is 0 Å². The molecule has 3 aromatic rings. The van der Waals surface area contributed by atoms with Crippen LogP contribution in [0.15, 0.2) is 64.3 Å².